The summed E-state index contributed by atoms with van der Waals surface area (Å²) in [7, 11) is -5.39. The third-order valence-electron chi connectivity index (χ3n) is 17.1. The predicted molar refractivity (Wildman–Crippen MR) is 332 cm³/mol. The summed E-state index contributed by atoms with van der Waals surface area (Å²) in [5.74, 6) is 0. The second kappa shape index (κ2) is 50.6. The summed E-state index contributed by atoms with van der Waals surface area (Å²) in [5.41, 5.74) is 4.48. The number of quaternary nitrogens is 3. The highest BCUT2D eigenvalue weighted by Gasteiger charge is 2.25. The van der Waals surface area contributed by atoms with Crippen LogP contribution in [0.25, 0.3) is 0 Å². The van der Waals surface area contributed by atoms with Crippen LogP contribution < -0.4 is 14.7 Å². The second-order valence-corrected chi connectivity index (χ2v) is 23.9. The topological polar surface area (TPSA) is 86.2 Å². The lowest BCUT2D eigenvalue weighted by Gasteiger charge is -2.37. The average molecular weight is 1090 g/mol. The van der Waals surface area contributed by atoms with Crippen LogP contribution in [0.4, 0.5) is 0 Å². The van der Waals surface area contributed by atoms with Crippen LogP contribution in [0.5, 0.6) is 0 Å². The highest BCUT2D eigenvalue weighted by Crippen LogP contribution is 2.21. The Kier molecular flexibility index (Phi) is 49.1. The van der Waals surface area contributed by atoms with E-state index in [4.69, 9.17) is 19.2 Å². The maximum absolute atomic E-state index is 8.55. The second-order valence-electron chi connectivity index (χ2n) is 23.0. The Morgan fingerprint density at radius 2 is 0.429 bits per heavy atom. The first-order valence-corrected chi connectivity index (χ1v) is 34.1. The van der Waals surface area contributed by atoms with Gasteiger partial charge in [0, 0.05) is 16.7 Å². The SMILES string of the molecule is CCCCCCCCCCCC[N+](CC)(CC)Cc1ccccc1.CCCCCCCCCCCC[N+](CC)(CC)Cc1ccccc1.CCCCCCCCCCCC[N+](CC)(CC)Cc1ccccc1.O=P([O-])([O-])[O-]. The Hall–Kier alpha value is -2.35. The Balaban J connectivity index is 0.00000107. The first-order chi connectivity index (χ1) is 37.3. The third-order valence-corrected chi connectivity index (χ3v) is 17.1. The van der Waals surface area contributed by atoms with Gasteiger partial charge in [0.25, 0.3) is 0 Å². The van der Waals surface area contributed by atoms with Gasteiger partial charge in [-0.15, -0.1) is 0 Å². The quantitative estimate of drug-likeness (QED) is 0.0321. The molecule has 0 aromatic heterocycles. The summed E-state index contributed by atoms with van der Waals surface area (Å²) in [6.07, 6.45) is 42.9. The zero-order chi connectivity index (χ0) is 57.0. The van der Waals surface area contributed by atoms with Gasteiger partial charge in [-0.2, -0.15) is 7.82 Å². The van der Waals surface area contributed by atoms with Crippen LogP contribution in [-0.2, 0) is 24.2 Å². The van der Waals surface area contributed by atoms with E-state index >= 15 is 0 Å². The first-order valence-electron chi connectivity index (χ1n) is 32.7. The normalized spacial score (nSPS) is 11.8. The van der Waals surface area contributed by atoms with Crippen LogP contribution in [0.1, 0.15) is 272 Å². The fourth-order valence-corrected chi connectivity index (χ4v) is 11.2. The average Bonchev–Trinajstić information content (AvgIpc) is 3.44. The van der Waals surface area contributed by atoms with E-state index in [1.54, 1.807) is 0 Å². The summed E-state index contributed by atoms with van der Waals surface area (Å²) in [4.78, 5) is 25.6. The molecule has 0 amide bonds. The molecule has 3 aromatic rings. The van der Waals surface area contributed by atoms with Crippen LogP contribution in [0, 0.1) is 0 Å². The molecule has 0 aliphatic rings. The number of hydrogen-bond acceptors (Lipinski definition) is 4. The first kappa shape index (κ1) is 74.7. The molecule has 3 rings (SSSR count). The van der Waals surface area contributed by atoms with Crippen molar-refractivity contribution in [1.82, 2.24) is 0 Å². The van der Waals surface area contributed by atoms with E-state index in [2.05, 4.69) is 153 Å². The van der Waals surface area contributed by atoms with Gasteiger partial charge in [0.05, 0.1) is 58.9 Å². The van der Waals surface area contributed by atoms with E-state index in [1.807, 2.05) is 0 Å². The molecule has 0 unspecified atom stereocenters. The van der Waals surface area contributed by atoms with Crippen LogP contribution in [0.15, 0.2) is 91.0 Å². The van der Waals surface area contributed by atoms with Crippen molar-refractivity contribution in [2.24, 2.45) is 0 Å². The molecule has 0 heterocycles. The Labute approximate surface area is 479 Å². The van der Waals surface area contributed by atoms with Crippen LogP contribution in [0.2, 0.25) is 0 Å². The summed E-state index contributed by atoms with van der Waals surface area (Å²) < 4.78 is 12.3. The molecule has 0 aliphatic carbocycles. The lowest BCUT2D eigenvalue weighted by molar-refractivity contribution is -0.938. The molecule has 8 heteroatoms. The molecule has 0 fully saturated rings. The van der Waals surface area contributed by atoms with E-state index in [0.717, 1.165) is 0 Å². The molecule has 0 bridgehead atoms. The fourth-order valence-electron chi connectivity index (χ4n) is 11.2. The van der Waals surface area contributed by atoms with Gasteiger partial charge >= 0.3 is 0 Å². The van der Waals surface area contributed by atoms with Crippen LogP contribution in [0.3, 0.4) is 0 Å². The number of rotatable bonds is 45. The molecule has 7 nitrogen and oxygen atoms in total. The van der Waals surface area contributed by atoms with E-state index in [-0.39, 0.29) is 0 Å². The molecule has 0 radical (unpaired) electrons. The molecule has 0 N–H and O–H groups in total. The van der Waals surface area contributed by atoms with Crippen molar-refractivity contribution in [3.05, 3.63) is 108 Å². The lowest BCUT2D eigenvalue weighted by atomic mass is 10.1. The molecule has 0 saturated carbocycles. The van der Waals surface area contributed by atoms with Gasteiger partial charge < -0.3 is 32.7 Å². The minimum atomic E-state index is -5.39. The van der Waals surface area contributed by atoms with Crippen molar-refractivity contribution < 1.29 is 32.7 Å². The van der Waals surface area contributed by atoms with Crippen LogP contribution in [-0.4, -0.2) is 72.4 Å². The Morgan fingerprint density at radius 3 is 0.584 bits per heavy atom. The molecule has 446 valence electrons. The van der Waals surface area contributed by atoms with Crippen molar-refractivity contribution in [1.29, 1.82) is 0 Å². The molecule has 0 aliphatic heterocycles. The van der Waals surface area contributed by atoms with Gasteiger partial charge in [-0.3, -0.25) is 0 Å². The third kappa shape index (κ3) is 43.1. The monoisotopic (exact) mass is 1090 g/mol. The van der Waals surface area contributed by atoms with Crippen molar-refractivity contribution in [2.45, 2.75) is 275 Å². The Morgan fingerprint density at radius 1 is 0.273 bits per heavy atom. The number of nitrogens with zero attached hydrogens (tertiary/aromatic N) is 3. The minimum absolute atomic E-state index is 1.20. The number of phosphoric acid groups is 1. The standard InChI is InChI=1S/3C23H42N.H3O4P/c3*1-4-7-8-9-10-11-12-13-14-18-21-24(5-2,6-3)22-23-19-16-15-17-20-23;1-5(2,3)4/h3*15-17,19-20H,4-14,18,21-22H2,1-3H3;(H3,1,2,3,4)/q3*+1;/p-3. The van der Waals surface area contributed by atoms with E-state index in [9.17, 15) is 0 Å². The van der Waals surface area contributed by atoms with E-state index in [1.165, 1.54) is 301 Å². The van der Waals surface area contributed by atoms with Gasteiger partial charge in [-0.1, -0.05) is 266 Å². The predicted octanol–water partition coefficient (Wildman–Crippen LogP) is 18.1. The highest BCUT2D eigenvalue weighted by molar-refractivity contribution is 7.40. The maximum atomic E-state index is 8.55. The maximum Gasteiger partial charge on any atom is 0.104 e. The van der Waals surface area contributed by atoms with Gasteiger partial charge in [0.15, 0.2) is 0 Å². The smallest absolute Gasteiger partial charge is 0.104 e. The Bertz CT molecular complexity index is 1500. The van der Waals surface area contributed by atoms with E-state index < -0.39 is 7.82 Å². The molecule has 0 atom stereocenters. The minimum Gasteiger partial charge on any atom is -0.822 e. The summed E-state index contributed by atoms with van der Waals surface area (Å²) in [6.45, 7) is 36.2. The molecule has 77 heavy (non-hydrogen) atoms. The summed E-state index contributed by atoms with van der Waals surface area (Å²) >= 11 is 0. The molecular weight excluding hydrogens is 966 g/mol. The lowest BCUT2D eigenvalue weighted by Crippen LogP contribution is -2.47. The van der Waals surface area contributed by atoms with Crippen molar-refractivity contribution >= 4 is 7.82 Å². The van der Waals surface area contributed by atoms with Gasteiger partial charge in [-0.25, -0.2) is 0 Å². The fraction of sp³-hybridized carbons (Fsp3) is 0.739. The molecule has 0 spiro atoms. The largest absolute Gasteiger partial charge is 0.822 e. The number of hydrogen-bond donors (Lipinski definition) is 0. The van der Waals surface area contributed by atoms with E-state index in [0.29, 0.717) is 0 Å². The molecule has 0 saturated heterocycles. The van der Waals surface area contributed by atoms with Crippen molar-refractivity contribution in [3.63, 3.8) is 0 Å². The highest BCUT2D eigenvalue weighted by atomic mass is 31.2. The molecular formula is C69H126N3O4P. The van der Waals surface area contributed by atoms with Gasteiger partial charge in [0.2, 0.25) is 0 Å². The molecule has 3 aromatic carbocycles. The van der Waals surface area contributed by atoms with Crippen molar-refractivity contribution in [3.8, 4) is 0 Å². The van der Waals surface area contributed by atoms with Gasteiger partial charge in [0.1, 0.15) is 19.6 Å². The zero-order valence-corrected chi connectivity index (χ0v) is 53.2. The zero-order valence-electron chi connectivity index (χ0n) is 52.3. The summed E-state index contributed by atoms with van der Waals surface area (Å²) in [5, 5.41) is 0. The van der Waals surface area contributed by atoms with Crippen LogP contribution >= 0.6 is 7.82 Å². The number of unbranched alkanes of at least 4 members (excludes halogenated alkanes) is 27. The van der Waals surface area contributed by atoms with Crippen molar-refractivity contribution in [2.75, 3.05) is 58.9 Å². The van der Waals surface area contributed by atoms with Gasteiger partial charge in [-0.05, 0) is 80.1 Å². The number of benzene rings is 3. The summed E-state index contributed by atoms with van der Waals surface area (Å²) in [6, 6.07) is 33.2.